The number of nitrogens with two attached hydrogens (primary N) is 1. The molecule has 2 N–H and O–H groups in total. The molecule has 1 fully saturated rings. The van der Waals surface area contributed by atoms with E-state index in [0.29, 0.717) is 38.3 Å². The molecule has 0 aromatic heterocycles. The molecule has 1 aliphatic heterocycles. The Hall–Kier alpha value is -1.88. The summed E-state index contributed by atoms with van der Waals surface area (Å²) < 4.78 is 5.59. The van der Waals surface area contributed by atoms with Crippen LogP contribution in [0, 0.1) is 0 Å². The predicted octanol–water partition coefficient (Wildman–Crippen LogP) is 1.45. The number of benzene rings is 1. The molecule has 1 aliphatic rings. The molecule has 2 rings (SSSR count). The molecule has 5 nitrogen and oxygen atoms in total. The van der Waals surface area contributed by atoms with Crippen molar-refractivity contribution in [3.8, 4) is 5.75 Å². The molecule has 1 heterocycles. The largest absolute Gasteiger partial charge is 0.492 e. The first kappa shape index (κ1) is 14.5. The topological polar surface area (TPSA) is 72.6 Å². The number of nitrogens with zero attached hydrogens (tertiary/aromatic N) is 1. The van der Waals surface area contributed by atoms with Crippen LogP contribution in [0.3, 0.4) is 0 Å². The van der Waals surface area contributed by atoms with Gasteiger partial charge in [-0.15, -0.1) is 0 Å². The minimum absolute atomic E-state index is 0.0909. The third-order valence-electron chi connectivity index (χ3n) is 3.35. The molecule has 5 heteroatoms. The second-order valence-electron chi connectivity index (χ2n) is 4.85. The molecule has 1 aromatic rings. The number of rotatable bonds is 5. The lowest BCUT2D eigenvalue weighted by molar-refractivity contribution is -0.144. The monoisotopic (exact) mass is 276 g/mol. The molecule has 0 aliphatic carbocycles. The molecule has 1 aromatic carbocycles. The highest BCUT2D eigenvalue weighted by Crippen LogP contribution is 2.14. The molecule has 0 atom stereocenters. The van der Waals surface area contributed by atoms with Gasteiger partial charge in [0.15, 0.2) is 0 Å². The van der Waals surface area contributed by atoms with Crippen LogP contribution in [-0.2, 0) is 16.1 Å². The van der Waals surface area contributed by atoms with Gasteiger partial charge < -0.3 is 10.5 Å². The average Bonchev–Trinajstić information content (AvgIpc) is 2.62. The van der Waals surface area contributed by atoms with Gasteiger partial charge in [0.25, 0.3) is 0 Å². The lowest BCUT2D eigenvalue weighted by Gasteiger charge is -2.18. The fourth-order valence-electron chi connectivity index (χ4n) is 2.23. The summed E-state index contributed by atoms with van der Waals surface area (Å²) in [5.74, 6) is 0.529. The molecule has 0 bridgehead atoms. The minimum Gasteiger partial charge on any atom is -0.492 e. The van der Waals surface area contributed by atoms with E-state index in [9.17, 15) is 9.59 Å². The van der Waals surface area contributed by atoms with Crippen LogP contribution in [0.2, 0.25) is 0 Å². The van der Waals surface area contributed by atoms with E-state index < -0.39 is 0 Å². The minimum atomic E-state index is -0.0909. The van der Waals surface area contributed by atoms with Gasteiger partial charge in [0.2, 0.25) is 11.8 Å². The smallest absolute Gasteiger partial charge is 0.229 e. The van der Waals surface area contributed by atoms with Gasteiger partial charge >= 0.3 is 0 Å². The third-order valence-corrected chi connectivity index (χ3v) is 3.35. The summed E-state index contributed by atoms with van der Waals surface area (Å²) in [5.41, 5.74) is 6.56. The summed E-state index contributed by atoms with van der Waals surface area (Å²) in [6, 6.07) is 7.51. The van der Waals surface area contributed by atoms with Crippen LogP contribution in [0.25, 0.3) is 0 Å². The van der Waals surface area contributed by atoms with Gasteiger partial charge in [-0.3, -0.25) is 14.5 Å². The quantitative estimate of drug-likeness (QED) is 0.826. The normalized spacial score (nSPS) is 16.1. The maximum atomic E-state index is 11.8. The summed E-state index contributed by atoms with van der Waals surface area (Å²) >= 11 is 0. The number of amides is 2. The van der Waals surface area contributed by atoms with Crippen molar-refractivity contribution in [2.75, 3.05) is 13.2 Å². The number of hydrogen-bond donors (Lipinski definition) is 1. The van der Waals surface area contributed by atoms with Gasteiger partial charge in [-0.25, -0.2) is 0 Å². The van der Waals surface area contributed by atoms with E-state index in [0.717, 1.165) is 18.4 Å². The summed E-state index contributed by atoms with van der Waals surface area (Å²) in [4.78, 5) is 24.9. The standard InChI is InChI=1S/C15H20N2O3/c16-11-12-4-3-5-13(10-12)20-9-8-17-14(18)6-1-2-7-15(17)19/h3-5,10H,1-2,6-9,11,16H2. The molecule has 2 amide bonds. The first-order valence-corrected chi connectivity index (χ1v) is 6.95. The van der Waals surface area contributed by atoms with Crippen molar-refractivity contribution in [3.63, 3.8) is 0 Å². The van der Waals surface area contributed by atoms with Gasteiger partial charge in [0.1, 0.15) is 12.4 Å². The SMILES string of the molecule is NCc1cccc(OCCN2C(=O)CCCCC2=O)c1. The van der Waals surface area contributed by atoms with Crippen molar-refractivity contribution >= 4 is 11.8 Å². The molecule has 0 spiro atoms. The molecule has 108 valence electrons. The number of imide groups is 1. The Morgan fingerprint density at radius 1 is 1.15 bits per heavy atom. The van der Waals surface area contributed by atoms with Gasteiger partial charge in [-0.2, -0.15) is 0 Å². The van der Waals surface area contributed by atoms with E-state index in [-0.39, 0.29) is 11.8 Å². The van der Waals surface area contributed by atoms with E-state index >= 15 is 0 Å². The molecule has 0 saturated carbocycles. The zero-order valence-electron chi connectivity index (χ0n) is 11.5. The molecular weight excluding hydrogens is 256 g/mol. The van der Waals surface area contributed by atoms with Crippen LogP contribution < -0.4 is 10.5 Å². The van der Waals surface area contributed by atoms with Gasteiger partial charge in [-0.1, -0.05) is 12.1 Å². The molecular formula is C15H20N2O3. The van der Waals surface area contributed by atoms with E-state index in [1.54, 1.807) is 0 Å². The Balaban J connectivity index is 1.87. The number of carbonyl (C=O) groups excluding carboxylic acids is 2. The van der Waals surface area contributed by atoms with Crippen LogP contribution in [0.5, 0.6) is 5.75 Å². The average molecular weight is 276 g/mol. The lowest BCUT2D eigenvalue weighted by Crippen LogP contribution is -2.38. The zero-order chi connectivity index (χ0) is 14.4. The maximum absolute atomic E-state index is 11.8. The molecule has 1 saturated heterocycles. The lowest BCUT2D eigenvalue weighted by atomic mass is 10.2. The van der Waals surface area contributed by atoms with Gasteiger partial charge in [0.05, 0.1) is 6.54 Å². The Kier molecular flexibility index (Phi) is 5.12. The van der Waals surface area contributed by atoms with Crippen LogP contribution in [0.4, 0.5) is 0 Å². The highest BCUT2D eigenvalue weighted by Gasteiger charge is 2.23. The molecule has 0 unspecified atom stereocenters. The van der Waals surface area contributed by atoms with Crippen molar-refractivity contribution in [2.24, 2.45) is 5.73 Å². The Morgan fingerprint density at radius 3 is 2.50 bits per heavy atom. The fraction of sp³-hybridized carbons (Fsp3) is 0.467. The van der Waals surface area contributed by atoms with Crippen molar-refractivity contribution in [1.82, 2.24) is 4.90 Å². The number of ether oxygens (including phenoxy) is 1. The van der Waals surface area contributed by atoms with E-state index in [2.05, 4.69) is 0 Å². The summed E-state index contributed by atoms with van der Waals surface area (Å²) in [6.45, 7) is 1.08. The summed E-state index contributed by atoms with van der Waals surface area (Å²) in [6.07, 6.45) is 2.49. The van der Waals surface area contributed by atoms with Crippen molar-refractivity contribution in [2.45, 2.75) is 32.2 Å². The van der Waals surface area contributed by atoms with Crippen LogP contribution >= 0.6 is 0 Å². The Labute approximate surface area is 118 Å². The summed E-state index contributed by atoms with van der Waals surface area (Å²) in [7, 11) is 0. The third kappa shape index (κ3) is 3.81. The second kappa shape index (κ2) is 7.05. The van der Waals surface area contributed by atoms with E-state index in [1.807, 2.05) is 24.3 Å². The van der Waals surface area contributed by atoms with Crippen molar-refractivity contribution < 1.29 is 14.3 Å². The Bertz CT molecular complexity index is 470. The molecule has 0 radical (unpaired) electrons. The van der Waals surface area contributed by atoms with Gasteiger partial charge in [0, 0.05) is 19.4 Å². The highest BCUT2D eigenvalue weighted by atomic mass is 16.5. The number of likely N-dealkylation sites (tertiary alicyclic amines) is 1. The first-order chi connectivity index (χ1) is 9.70. The summed E-state index contributed by atoms with van der Waals surface area (Å²) in [5, 5.41) is 0. The van der Waals surface area contributed by atoms with Crippen LogP contribution in [0.1, 0.15) is 31.2 Å². The molecule has 20 heavy (non-hydrogen) atoms. The van der Waals surface area contributed by atoms with Crippen LogP contribution in [0.15, 0.2) is 24.3 Å². The van der Waals surface area contributed by atoms with Crippen molar-refractivity contribution in [3.05, 3.63) is 29.8 Å². The van der Waals surface area contributed by atoms with E-state index in [4.69, 9.17) is 10.5 Å². The van der Waals surface area contributed by atoms with Crippen LogP contribution in [-0.4, -0.2) is 29.9 Å². The Morgan fingerprint density at radius 2 is 1.85 bits per heavy atom. The second-order valence-corrected chi connectivity index (χ2v) is 4.85. The number of hydrogen-bond acceptors (Lipinski definition) is 4. The maximum Gasteiger partial charge on any atom is 0.229 e. The highest BCUT2D eigenvalue weighted by molar-refractivity contribution is 5.95. The van der Waals surface area contributed by atoms with Gasteiger partial charge in [-0.05, 0) is 30.5 Å². The van der Waals surface area contributed by atoms with E-state index in [1.165, 1.54) is 4.90 Å². The predicted molar refractivity (Wildman–Crippen MR) is 75.0 cm³/mol. The van der Waals surface area contributed by atoms with Crippen molar-refractivity contribution in [1.29, 1.82) is 0 Å². The fourth-order valence-corrected chi connectivity index (χ4v) is 2.23. The first-order valence-electron chi connectivity index (χ1n) is 6.95. The number of carbonyl (C=O) groups is 2. The zero-order valence-corrected chi connectivity index (χ0v) is 11.5.